The minimum absolute atomic E-state index is 0.527. The van der Waals surface area contributed by atoms with Gasteiger partial charge >= 0.3 is 0 Å². The van der Waals surface area contributed by atoms with E-state index in [9.17, 15) is 0 Å². The van der Waals surface area contributed by atoms with Gasteiger partial charge in [-0.25, -0.2) is 4.98 Å². The second kappa shape index (κ2) is 4.39. The predicted molar refractivity (Wildman–Crippen MR) is 55.2 cm³/mol. The van der Waals surface area contributed by atoms with Crippen molar-refractivity contribution >= 4 is 5.82 Å². The standard InChI is InChI=1S/C10H15N3O/c1-11-10-3-2-8(5-13-10)4-12-9-6-14-7-9/h2-3,5,9,12H,4,6-7H2,1H3,(H,11,13). The molecular weight excluding hydrogens is 178 g/mol. The van der Waals surface area contributed by atoms with Crippen LogP contribution in [-0.4, -0.2) is 31.3 Å². The van der Waals surface area contributed by atoms with E-state index in [1.165, 1.54) is 5.56 Å². The predicted octanol–water partition coefficient (Wildman–Crippen LogP) is 0.612. The van der Waals surface area contributed by atoms with Crippen LogP contribution < -0.4 is 10.6 Å². The Balaban J connectivity index is 1.83. The highest BCUT2D eigenvalue weighted by atomic mass is 16.5. The lowest BCUT2D eigenvalue weighted by Crippen LogP contribution is -2.45. The maximum absolute atomic E-state index is 5.07. The summed E-state index contributed by atoms with van der Waals surface area (Å²) >= 11 is 0. The zero-order valence-corrected chi connectivity index (χ0v) is 8.29. The summed E-state index contributed by atoms with van der Waals surface area (Å²) < 4.78 is 5.07. The average Bonchev–Trinajstić information content (AvgIpc) is 2.16. The first-order valence-corrected chi connectivity index (χ1v) is 4.82. The Morgan fingerprint density at radius 3 is 2.86 bits per heavy atom. The van der Waals surface area contributed by atoms with Gasteiger partial charge < -0.3 is 15.4 Å². The van der Waals surface area contributed by atoms with E-state index in [0.29, 0.717) is 6.04 Å². The second-order valence-corrected chi connectivity index (χ2v) is 3.42. The summed E-state index contributed by atoms with van der Waals surface area (Å²) in [4.78, 5) is 4.24. The highest BCUT2D eigenvalue weighted by Crippen LogP contribution is 2.05. The molecule has 1 aliphatic rings. The largest absolute Gasteiger partial charge is 0.378 e. The summed E-state index contributed by atoms with van der Waals surface area (Å²) in [5.41, 5.74) is 1.20. The lowest BCUT2D eigenvalue weighted by atomic mass is 10.2. The number of pyridine rings is 1. The molecule has 0 unspecified atom stereocenters. The van der Waals surface area contributed by atoms with Gasteiger partial charge in [-0.05, 0) is 11.6 Å². The van der Waals surface area contributed by atoms with Crippen LogP contribution >= 0.6 is 0 Å². The molecule has 2 heterocycles. The second-order valence-electron chi connectivity index (χ2n) is 3.42. The van der Waals surface area contributed by atoms with E-state index in [4.69, 9.17) is 4.74 Å². The molecule has 2 N–H and O–H groups in total. The van der Waals surface area contributed by atoms with E-state index in [-0.39, 0.29) is 0 Å². The molecule has 0 bridgehead atoms. The van der Waals surface area contributed by atoms with Crippen LogP contribution in [0.4, 0.5) is 5.82 Å². The summed E-state index contributed by atoms with van der Waals surface area (Å²) in [5, 5.41) is 6.38. The summed E-state index contributed by atoms with van der Waals surface area (Å²) in [6, 6.07) is 4.58. The van der Waals surface area contributed by atoms with Crippen molar-refractivity contribution < 1.29 is 4.74 Å². The zero-order valence-electron chi connectivity index (χ0n) is 8.29. The maximum Gasteiger partial charge on any atom is 0.125 e. The van der Waals surface area contributed by atoms with Crippen LogP contribution in [0.5, 0.6) is 0 Å². The molecule has 0 radical (unpaired) electrons. The first-order valence-electron chi connectivity index (χ1n) is 4.82. The van der Waals surface area contributed by atoms with E-state index in [1.807, 2.05) is 19.3 Å². The Bertz CT molecular complexity index is 282. The molecule has 1 saturated heterocycles. The van der Waals surface area contributed by atoms with Gasteiger partial charge in [0.05, 0.1) is 19.3 Å². The Morgan fingerprint density at radius 1 is 1.50 bits per heavy atom. The van der Waals surface area contributed by atoms with Gasteiger partial charge in [0.25, 0.3) is 0 Å². The van der Waals surface area contributed by atoms with Crippen LogP contribution in [0.25, 0.3) is 0 Å². The fourth-order valence-corrected chi connectivity index (χ4v) is 1.29. The van der Waals surface area contributed by atoms with E-state index >= 15 is 0 Å². The van der Waals surface area contributed by atoms with Crippen LogP contribution in [0.1, 0.15) is 5.56 Å². The van der Waals surface area contributed by atoms with E-state index < -0.39 is 0 Å². The number of aromatic nitrogens is 1. The van der Waals surface area contributed by atoms with Gasteiger partial charge in [0, 0.05) is 19.8 Å². The van der Waals surface area contributed by atoms with Gasteiger partial charge in [0.15, 0.2) is 0 Å². The number of hydrogen-bond donors (Lipinski definition) is 2. The average molecular weight is 193 g/mol. The van der Waals surface area contributed by atoms with Crippen molar-refractivity contribution in [2.75, 3.05) is 25.6 Å². The molecule has 0 saturated carbocycles. The molecule has 1 aromatic heterocycles. The Labute approximate surface area is 83.7 Å². The normalized spacial score (nSPS) is 16.4. The number of ether oxygens (including phenoxy) is 1. The Hall–Kier alpha value is -1.13. The molecule has 1 aliphatic heterocycles. The number of anilines is 1. The molecule has 0 aromatic carbocycles. The molecule has 0 atom stereocenters. The molecule has 1 fully saturated rings. The number of nitrogens with zero attached hydrogens (tertiary/aromatic N) is 1. The topological polar surface area (TPSA) is 46.2 Å². The Kier molecular flexibility index (Phi) is 2.96. The summed E-state index contributed by atoms with van der Waals surface area (Å²) in [7, 11) is 1.87. The van der Waals surface area contributed by atoms with E-state index in [2.05, 4.69) is 21.7 Å². The maximum atomic E-state index is 5.07. The third-order valence-electron chi connectivity index (χ3n) is 2.31. The monoisotopic (exact) mass is 193 g/mol. The van der Waals surface area contributed by atoms with Gasteiger partial charge in [-0.1, -0.05) is 6.07 Å². The number of nitrogens with one attached hydrogen (secondary N) is 2. The summed E-state index contributed by atoms with van der Waals surface area (Å²) in [5.74, 6) is 0.903. The molecule has 2 rings (SSSR count). The first kappa shape index (κ1) is 9.43. The van der Waals surface area contributed by atoms with Crippen molar-refractivity contribution in [2.24, 2.45) is 0 Å². The first-order chi connectivity index (χ1) is 6.88. The highest BCUT2D eigenvalue weighted by Gasteiger charge is 2.16. The summed E-state index contributed by atoms with van der Waals surface area (Å²) in [6.45, 7) is 2.54. The van der Waals surface area contributed by atoms with Crippen molar-refractivity contribution in [1.82, 2.24) is 10.3 Å². The minimum atomic E-state index is 0.527. The van der Waals surface area contributed by atoms with E-state index in [0.717, 1.165) is 25.6 Å². The Morgan fingerprint density at radius 2 is 2.36 bits per heavy atom. The van der Waals surface area contributed by atoms with Gasteiger partial charge in [0.1, 0.15) is 5.82 Å². The van der Waals surface area contributed by atoms with Crippen molar-refractivity contribution in [1.29, 1.82) is 0 Å². The molecule has 1 aromatic rings. The third kappa shape index (κ3) is 2.21. The van der Waals surface area contributed by atoms with Crippen LogP contribution in [-0.2, 0) is 11.3 Å². The van der Waals surface area contributed by atoms with Crippen molar-refractivity contribution in [3.8, 4) is 0 Å². The summed E-state index contributed by atoms with van der Waals surface area (Å²) in [6.07, 6.45) is 1.89. The molecule has 14 heavy (non-hydrogen) atoms. The van der Waals surface area contributed by atoms with E-state index in [1.54, 1.807) is 0 Å². The van der Waals surface area contributed by atoms with Crippen molar-refractivity contribution in [3.63, 3.8) is 0 Å². The lowest BCUT2D eigenvalue weighted by Gasteiger charge is -2.26. The molecule has 76 valence electrons. The van der Waals surface area contributed by atoms with Crippen molar-refractivity contribution in [2.45, 2.75) is 12.6 Å². The van der Waals surface area contributed by atoms with Gasteiger partial charge in [-0.15, -0.1) is 0 Å². The van der Waals surface area contributed by atoms with Crippen LogP contribution in [0.2, 0.25) is 0 Å². The van der Waals surface area contributed by atoms with Gasteiger partial charge in [-0.2, -0.15) is 0 Å². The number of rotatable bonds is 4. The highest BCUT2D eigenvalue weighted by molar-refractivity contribution is 5.34. The van der Waals surface area contributed by atoms with Crippen LogP contribution in [0, 0.1) is 0 Å². The van der Waals surface area contributed by atoms with Gasteiger partial charge in [0.2, 0.25) is 0 Å². The van der Waals surface area contributed by atoms with Gasteiger partial charge in [-0.3, -0.25) is 0 Å². The molecule has 4 heteroatoms. The van der Waals surface area contributed by atoms with Crippen LogP contribution in [0.15, 0.2) is 18.3 Å². The smallest absolute Gasteiger partial charge is 0.125 e. The molecular formula is C10H15N3O. The molecule has 0 spiro atoms. The number of hydrogen-bond acceptors (Lipinski definition) is 4. The molecule has 0 aliphatic carbocycles. The van der Waals surface area contributed by atoms with Crippen LogP contribution in [0.3, 0.4) is 0 Å². The quantitative estimate of drug-likeness (QED) is 0.735. The zero-order chi connectivity index (χ0) is 9.80. The third-order valence-corrected chi connectivity index (χ3v) is 2.31. The lowest BCUT2D eigenvalue weighted by molar-refractivity contribution is -0.00579. The fourth-order valence-electron chi connectivity index (χ4n) is 1.29. The fraction of sp³-hybridized carbons (Fsp3) is 0.500. The molecule has 4 nitrogen and oxygen atoms in total. The van der Waals surface area contributed by atoms with Crippen molar-refractivity contribution in [3.05, 3.63) is 23.9 Å². The SMILES string of the molecule is CNc1ccc(CNC2COC2)cn1. The molecule has 0 amide bonds. The minimum Gasteiger partial charge on any atom is -0.378 e.